The van der Waals surface area contributed by atoms with Gasteiger partial charge in [-0.15, -0.1) is 10.9 Å². The first-order valence-electron chi connectivity index (χ1n) is 6.52. The number of nitrogens with zero attached hydrogens (tertiary/aromatic N) is 4. The molecule has 2 aromatic heterocycles. The van der Waals surface area contributed by atoms with Gasteiger partial charge in [0.1, 0.15) is 12.8 Å². The second-order valence-electron chi connectivity index (χ2n) is 4.95. The molecular formula is C12H11FN5NaO4P+. The van der Waals surface area contributed by atoms with E-state index in [2.05, 4.69) is 25.4 Å². The number of rotatable bonds is 4. The molecule has 0 spiro atoms. The molecule has 0 aliphatic carbocycles. The Balaban J connectivity index is 0.00000208. The van der Waals surface area contributed by atoms with Crippen LogP contribution in [0.15, 0.2) is 6.33 Å². The van der Waals surface area contributed by atoms with Gasteiger partial charge in [-0.2, -0.15) is 14.4 Å². The van der Waals surface area contributed by atoms with E-state index >= 15 is 0 Å². The molecule has 24 heavy (non-hydrogen) atoms. The normalized spacial score (nSPS) is 23.7. The molecule has 0 saturated carbocycles. The van der Waals surface area contributed by atoms with Crippen LogP contribution in [0.2, 0.25) is 0 Å². The van der Waals surface area contributed by atoms with E-state index in [1.165, 1.54) is 10.9 Å². The smallest absolute Gasteiger partial charge is 0.566 e. The molecular weight excluding hydrogens is 351 g/mol. The van der Waals surface area contributed by atoms with Crippen LogP contribution in [0.3, 0.4) is 0 Å². The molecule has 0 bridgehead atoms. The summed E-state index contributed by atoms with van der Waals surface area (Å²) in [5.74, 6) is 2.33. The third-order valence-electron chi connectivity index (χ3n) is 3.55. The maximum absolute atomic E-state index is 13.4. The fourth-order valence-corrected chi connectivity index (χ4v) is 2.78. The molecule has 120 valence electrons. The number of nitrogens with two attached hydrogens (primary N) is 1. The van der Waals surface area contributed by atoms with E-state index in [0.717, 1.165) is 0 Å². The van der Waals surface area contributed by atoms with Gasteiger partial charge >= 0.3 is 43.9 Å². The quantitative estimate of drug-likeness (QED) is 0.269. The number of ether oxygens (including phenoxy) is 1. The minimum Gasteiger partial charge on any atom is -0.566 e. The second kappa shape index (κ2) is 7.37. The summed E-state index contributed by atoms with van der Waals surface area (Å²) in [6.45, 7) is -0.295. The van der Waals surface area contributed by atoms with Crippen LogP contribution >= 0.6 is 8.25 Å². The van der Waals surface area contributed by atoms with Crippen LogP contribution in [-0.4, -0.2) is 31.7 Å². The zero-order valence-corrected chi connectivity index (χ0v) is 15.6. The number of nitrogen functional groups attached to an aromatic ring is 1. The van der Waals surface area contributed by atoms with Gasteiger partial charge in [0.15, 0.2) is 22.6 Å². The summed E-state index contributed by atoms with van der Waals surface area (Å²) >= 11 is 0. The van der Waals surface area contributed by atoms with Gasteiger partial charge < -0.3 is 15.4 Å². The van der Waals surface area contributed by atoms with Crippen LogP contribution < -0.4 is 40.2 Å². The Morgan fingerprint density at radius 2 is 2.42 bits per heavy atom. The monoisotopic (exact) mass is 362 g/mol. The van der Waals surface area contributed by atoms with Crippen LogP contribution in [0.25, 0.3) is 11.2 Å². The molecule has 1 unspecified atom stereocenters. The van der Waals surface area contributed by atoms with E-state index in [9.17, 15) is 13.8 Å². The summed E-state index contributed by atoms with van der Waals surface area (Å²) in [6.07, 6.45) is 6.06. The molecule has 2 N–H and O–H groups in total. The molecule has 2 aromatic rings. The number of halogens is 1. The summed E-state index contributed by atoms with van der Waals surface area (Å²) in [5.41, 5.74) is 4.83. The van der Waals surface area contributed by atoms with Crippen molar-refractivity contribution >= 4 is 25.2 Å². The zero-order chi connectivity index (χ0) is 16.6. The number of aromatic nitrogens is 4. The van der Waals surface area contributed by atoms with Crippen LogP contribution in [0.5, 0.6) is 0 Å². The minimum atomic E-state index is -3.03. The molecule has 3 heterocycles. The number of hydrogen-bond acceptors (Lipinski definition) is 8. The van der Waals surface area contributed by atoms with Gasteiger partial charge in [0.2, 0.25) is 0 Å². The number of fused-ring (bicyclic) bond motifs is 1. The maximum atomic E-state index is 13.4. The largest absolute Gasteiger partial charge is 1.00 e. The van der Waals surface area contributed by atoms with Crippen molar-refractivity contribution in [1.82, 2.24) is 19.5 Å². The molecule has 1 aliphatic rings. The van der Waals surface area contributed by atoms with Crippen molar-refractivity contribution in [2.75, 3.05) is 12.3 Å². The Kier molecular flexibility index (Phi) is 5.88. The summed E-state index contributed by atoms with van der Waals surface area (Å²) in [6, 6.07) is 0. The van der Waals surface area contributed by atoms with Crippen LogP contribution in [0.1, 0.15) is 19.1 Å². The van der Waals surface area contributed by atoms with Crippen molar-refractivity contribution < 1.29 is 52.7 Å². The molecule has 12 heteroatoms. The van der Waals surface area contributed by atoms with Crippen LogP contribution in [-0.2, 0) is 13.8 Å². The van der Waals surface area contributed by atoms with E-state index in [1.54, 1.807) is 0 Å². The summed E-state index contributed by atoms with van der Waals surface area (Å²) in [5, 5.41) is 0. The molecule has 1 fully saturated rings. The molecule has 0 radical (unpaired) electrons. The van der Waals surface area contributed by atoms with Gasteiger partial charge in [-0.3, -0.25) is 4.57 Å². The number of imidazole rings is 1. The number of hydrogen-bond donors (Lipinski definition) is 1. The summed E-state index contributed by atoms with van der Waals surface area (Å²) in [4.78, 5) is 21.7. The average molecular weight is 362 g/mol. The van der Waals surface area contributed by atoms with Crippen molar-refractivity contribution in [3.05, 3.63) is 12.4 Å². The Bertz CT molecular complexity index is 828. The Labute approximate surface area is 159 Å². The van der Waals surface area contributed by atoms with Gasteiger partial charge in [0.05, 0.1) is 6.33 Å². The topological polar surface area (TPSA) is 128 Å². The first-order valence-corrected chi connectivity index (χ1v) is 7.62. The van der Waals surface area contributed by atoms with Gasteiger partial charge in [0.25, 0.3) is 0 Å². The maximum Gasteiger partial charge on any atom is 1.00 e. The third-order valence-corrected chi connectivity index (χ3v) is 3.89. The van der Waals surface area contributed by atoms with Gasteiger partial charge in [-0.05, 0) is 17.4 Å². The summed E-state index contributed by atoms with van der Waals surface area (Å²) in [7, 11) is -3.03. The van der Waals surface area contributed by atoms with Crippen molar-refractivity contribution in [2.24, 2.45) is 0 Å². The van der Waals surface area contributed by atoms with Crippen molar-refractivity contribution in [3.63, 3.8) is 0 Å². The van der Waals surface area contributed by atoms with E-state index in [0.29, 0.717) is 12.8 Å². The van der Waals surface area contributed by atoms with E-state index < -0.39 is 26.2 Å². The predicted molar refractivity (Wildman–Crippen MR) is 74.2 cm³/mol. The first kappa shape index (κ1) is 19.1. The average Bonchev–Trinajstić information content (AvgIpc) is 3.09. The SMILES string of the molecule is C#C[C@@]1(CO[P+](=O)[O-])CC[C@H](n2cnc3c(N)nc(F)nc32)O1.[Na+]. The molecule has 9 nitrogen and oxygen atoms in total. The van der Waals surface area contributed by atoms with Crippen molar-refractivity contribution in [1.29, 1.82) is 0 Å². The Morgan fingerprint density at radius 3 is 3.08 bits per heavy atom. The standard InChI is InChI=1S/C12H11FN5O4P.Na/c1-2-12(5-21-23(19)20)4-3-7(22-12)18-6-15-8-9(14)16-11(13)17-10(8)18;/h1,6-7H,3-5H2,(H2,14,16,17);/q;+1/t7-,12+;/m1./s1. The van der Waals surface area contributed by atoms with Gasteiger partial charge in [0, 0.05) is 0 Å². The van der Waals surface area contributed by atoms with Crippen molar-refractivity contribution in [3.8, 4) is 12.3 Å². The molecule has 3 atom stereocenters. The number of terminal acetylenes is 1. The van der Waals surface area contributed by atoms with E-state index in [4.69, 9.17) is 16.9 Å². The molecule has 0 amide bonds. The molecule has 1 aliphatic heterocycles. The van der Waals surface area contributed by atoms with Crippen LogP contribution in [0.4, 0.5) is 10.2 Å². The van der Waals surface area contributed by atoms with E-state index in [-0.39, 0.29) is 53.1 Å². The molecule has 1 saturated heterocycles. The number of anilines is 1. The fourth-order valence-electron chi connectivity index (χ4n) is 2.46. The third kappa shape index (κ3) is 3.58. The molecule has 3 rings (SSSR count). The Morgan fingerprint density at radius 1 is 1.67 bits per heavy atom. The second-order valence-corrected chi connectivity index (χ2v) is 5.65. The summed E-state index contributed by atoms with van der Waals surface area (Å²) < 4.78 is 35.7. The molecule has 0 aromatic carbocycles. The fraction of sp³-hybridized carbons (Fsp3) is 0.417. The van der Waals surface area contributed by atoms with Gasteiger partial charge in [-0.25, -0.2) is 4.98 Å². The van der Waals surface area contributed by atoms with Gasteiger partial charge in [-0.1, -0.05) is 5.92 Å². The zero-order valence-electron chi connectivity index (χ0n) is 12.7. The predicted octanol–water partition coefficient (Wildman–Crippen LogP) is -2.73. The van der Waals surface area contributed by atoms with Crippen LogP contribution in [0, 0.1) is 18.4 Å². The Hall–Kier alpha value is -1.18. The van der Waals surface area contributed by atoms with E-state index in [1.807, 2.05) is 0 Å². The van der Waals surface area contributed by atoms with Crippen molar-refractivity contribution in [2.45, 2.75) is 24.7 Å². The first-order chi connectivity index (χ1) is 10.9. The minimum absolute atomic E-state index is 0.